The van der Waals surface area contributed by atoms with Crippen molar-refractivity contribution in [3.8, 4) is 12.3 Å². The Morgan fingerprint density at radius 3 is 2.32 bits per heavy atom. The van der Waals surface area contributed by atoms with Crippen LogP contribution in [0.4, 0.5) is 13.2 Å². The van der Waals surface area contributed by atoms with Crippen LogP contribution >= 0.6 is 11.6 Å². The Morgan fingerprint density at radius 1 is 1.18 bits per heavy atom. The molecule has 0 aliphatic rings. The Balaban J connectivity index is 0.000000220. The van der Waals surface area contributed by atoms with Crippen LogP contribution in [0.2, 0.25) is 5.02 Å². The standard InChI is InChI=1S/C10H8O.C7H4ClF3/c1-2-6-10(11)9-7-4-3-5-8-9;1-3-2-4(9)6(10)7(11)5(3)8/h1,3-5,7-8H,6H2;2H,1H3. The number of carbonyl (C=O) groups excluding carboxylic acids is 1. The zero-order valence-electron chi connectivity index (χ0n) is 11.7. The summed E-state index contributed by atoms with van der Waals surface area (Å²) in [4.78, 5) is 11.1. The molecule has 0 N–H and O–H groups in total. The molecule has 0 aliphatic heterocycles. The lowest BCUT2D eigenvalue weighted by atomic mass is 10.1. The van der Waals surface area contributed by atoms with Gasteiger partial charge in [0.25, 0.3) is 0 Å². The summed E-state index contributed by atoms with van der Waals surface area (Å²) in [6.45, 7) is 1.40. The summed E-state index contributed by atoms with van der Waals surface area (Å²) in [5, 5.41) is -0.371. The average Bonchev–Trinajstić information content (AvgIpc) is 2.53. The van der Waals surface area contributed by atoms with Crippen molar-refractivity contribution >= 4 is 17.4 Å². The van der Waals surface area contributed by atoms with E-state index < -0.39 is 17.5 Å². The number of rotatable bonds is 2. The van der Waals surface area contributed by atoms with Crippen molar-refractivity contribution < 1.29 is 18.0 Å². The minimum absolute atomic E-state index is 0.00750. The average molecular weight is 325 g/mol. The van der Waals surface area contributed by atoms with Gasteiger partial charge >= 0.3 is 0 Å². The molecular weight excluding hydrogens is 313 g/mol. The highest BCUT2D eigenvalue weighted by Gasteiger charge is 2.14. The summed E-state index contributed by atoms with van der Waals surface area (Å²) < 4.78 is 37.2. The Bertz CT molecular complexity index is 680. The summed E-state index contributed by atoms with van der Waals surface area (Å²) in [6.07, 6.45) is 5.18. The van der Waals surface area contributed by atoms with Crippen LogP contribution in [0.15, 0.2) is 36.4 Å². The maximum Gasteiger partial charge on any atom is 0.195 e. The van der Waals surface area contributed by atoms with E-state index in [1.807, 2.05) is 18.2 Å². The third-order valence-electron chi connectivity index (χ3n) is 2.64. The molecule has 0 radical (unpaired) electrons. The topological polar surface area (TPSA) is 17.1 Å². The maximum absolute atomic E-state index is 12.5. The van der Waals surface area contributed by atoms with Crippen LogP contribution in [-0.4, -0.2) is 5.78 Å². The number of terminal acetylenes is 1. The van der Waals surface area contributed by atoms with Crippen molar-refractivity contribution in [2.45, 2.75) is 13.3 Å². The number of benzene rings is 2. The van der Waals surface area contributed by atoms with Crippen LogP contribution in [0.1, 0.15) is 22.3 Å². The predicted molar refractivity (Wildman–Crippen MR) is 80.3 cm³/mol. The number of halogens is 4. The molecule has 0 aromatic heterocycles. The first-order chi connectivity index (χ1) is 10.4. The van der Waals surface area contributed by atoms with E-state index in [1.54, 1.807) is 12.1 Å². The number of carbonyl (C=O) groups is 1. The van der Waals surface area contributed by atoms with Gasteiger partial charge < -0.3 is 0 Å². The summed E-state index contributed by atoms with van der Waals surface area (Å²) in [7, 11) is 0. The lowest BCUT2D eigenvalue weighted by molar-refractivity contribution is 0.0998. The number of ketones is 1. The fraction of sp³-hybridized carbons (Fsp3) is 0.118. The van der Waals surface area contributed by atoms with Crippen molar-refractivity contribution in [3.05, 3.63) is 70.0 Å². The second-order valence-corrected chi connectivity index (χ2v) is 4.67. The van der Waals surface area contributed by atoms with Gasteiger partial charge in [-0.1, -0.05) is 47.9 Å². The molecule has 0 unspecified atom stereocenters. The molecule has 2 aromatic rings. The molecule has 0 bridgehead atoms. The quantitative estimate of drug-likeness (QED) is 0.330. The van der Waals surface area contributed by atoms with Gasteiger partial charge in [0, 0.05) is 5.56 Å². The highest BCUT2D eigenvalue weighted by atomic mass is 35.5. The molecule has 22 heavy (non-hydrogen) atoms. The molecule has 1 nitrogen and oxygen atoms in total. The van der Waals surface area contributed by atoms with Crippen LogP contribution in [0.25, 0.3) is 0 Å². The molecule has 114 valence electrons. The molecule has 0 saturated carbocycles. The monoisotopic (exact) mass is 324 g/mol. The number of aryl methyl sites for hydroxylation is 1. The minimum atomic E-state index is -1.53. The summed E-state index contributed by atoms with van der Waals surface area (Å²) in [5.74, 6) is -1.75. The summed E-state index contributed by atoms with van der Waals surface area (Å²) in [5.41, 5.74) is 0.869. The van der Waals surface area contributed by atoms with E-state index in [-0.39, 0.29) is 22.8 Å². The molecule has 0 saturated heterocycles. The molecule has 2 aromatic carbocycles. The van der Waals surface area contributed by atoms with Crippen LogP contribution < -0.4 is 0 Å². The van der Waals surface area contributed by atoms with Gasteiger partial charge in [0.2, 0.25) is 0 Å². The van der Waals surface area contributed by atoms with Crippen molar-refractivity contribution in [1.82, 2.24) is 0 Å². The zero-order chi connectivity index (χ0) is 16.7. The van der Waals surface area contributed by atoms with Gasteiger partial charge in [0.1, 0.15) is 0 Å². The lowest BCUT2D eigenvalue weighted by Gasteiger charge is -2.00. The predicted octanol–water partition coefficient (Wildman–Crippen LogP) is 4.96. The third-order valence-corrected chi connectivity index (χ3v) is 3.11. The number of hydrogen-bond acceptors (Lipinski definition) is 1. The van der Waals surface area contributed by atoms with Gasteiger partial charge in [-0.3, -0.25) is 4.79 Å². The van der Waals surface area contributed by atoms with Gasteiger partial charge in [-0.15, -0.1) is 6.42 Å². The third kappa shape index (κ3) is 4.64. The van der Waals surface area contributed by atoms with E-state index in [0.717, 1.165) is 6.07 Å². The molecule has 5 heteroatoms. The van der Waals surface area contributed by atoms with Crippen molar-refractivity contribution in [1.29, 1.82) is 0 Å². The lowest BCUT2D eigenvalue weighted by Crippen LogP contribution is -1.95. The molecule has 0 atom stereocenters. The minimum Gasteiger partial charge on any atom is -0.293 e. The van der Waals surface area contributed by atoms with Gasteiger partial charge in [0.15, 0.2) is 23.2 Å². The van der Waals surface area contributed by atoms with Crippen LogP contribution in [0.5, 0.6) is 0 Å². The van der Waals surface area contributed by atoms with Crippen LogP contribution in [-0.2, 0) is 0 Å². The van der Waals surface area contributed by atoms with Gasteiger partial charge in [-0.25, -0.2) is 13.2 Å². The van der Waals surface area contributed by atoms with Gasteiger partial charge in [-0.05, 0) is 18.6 Å². The molecule has 0 amide bonds. The van der Waals surface area contributed by atoms with Crippen molar-refractivity contribution in [2.75, 3.05) is 0 Å². The molecule has 0 heterocycles. The molecule has 0 spiro atoms. The molecule has 2 rings (SSSR count). The first-order valence-electron chi connectivity index (χ1n) is 6.19. The van der Waals surface area contributed by atoms with Gasteiger partial charge in [-0.2, -0.15) is 0 Å². The van der Waals surface area contributed by atoms with E-state index in [1.165, 1.54) is 6.92 Å². The second kappa shape index (κ2) is 8.26. The van der Waals surface area contributed by atoms with Crippen LogP contribution in [0.3, 0.4) is 0 Å². The largest absolute Gasteiger partial charge is 0.293 e. The van der Waals surface area contributed by atoms with Crippen molar-refractivity contribution in [2.24, 2.45) is 0 Å². The molecular formula is C17H12ClF3O. The smallest absolute Gasteiger partial charge is 0.195 e. The van der Waals surface area contributed by atoms with E-state index in [0.29, 0.717) is 5.56 Å². The van der Waals surface area contributed by atoms with E-state index in [4.69, 9.17) is 18.0 Å². The van der Waals surface area contributed by atoms with E-state index >= 15 is 0 Å². The molecule has 0 aliphatic carbocycles. The fourth-order valence-corrected chi connectivity index (χ4v) is 1.65. The number of Topliss-reactive ketones (excluding diaryl/α,β-unsaturated/α-hetero) is 1. The SMILES string of the molecule is C#CCC(=O)c1ccccc1.Cc1cc(F)c(F)c(F)c1Cl. The Hall–Kier alpha value is -2.25. The Labute approximate surface area is 131 Å². The Kier molecular flexibility index (Phi) is 6.68. The fourth-order valence-electron chi connectivity index (χ4n) is 1.51. The van der Waals surface area contributed by atoms with Crippen LogP contribution in [0, 0.1) is 36.7 Å². The summed E-state index contributed by atoms with van der Waals surface area (Å²) >= 11 is 5.27. The first kappa shape index (κ1) is 17.8. The van der Waals surface area contributed by atoms with Gasteiger partial charge in [0.05, 0.1) is 11.4 Å². The Morgan fingerprint density at radius 2 is 1.77 bits per heavy atom. The normalized spacial score (nSPS) is 9.45. The summed E-state index contributed by atoms with van der Waals surface area (Å²) in [6, 6.07) is 9.89. The van der Waals surface area contributed by atoms with E-state index in [2.05, 4.69) is 5.92 Å². The highest BCUT2D eigenvalue weighted by molar-refractivity contribution is 6.31. The second-order valence-electron chi connectivity index (χ2n) is 4.29. The highest BCUT2D eigenvalue weighted by Crippen LogP contribution is 2.23. The maximum atomic E-state index is 12.5. The molecule has 0 fully saturated rings. The number of hydrogen-bond donors (Lipinski definition) is 0. The van der Waals surface area contributed by atoms with E-state index in [9.17, 15) is 18.0 Å². The zero-order valence-corrected chi connectivity index (χ0v) is 12.4. The van der Waals surface area contributed by atoms with Crippen molar-refractivity contribution in [3.63, 3.8) is 0 Å². The first-order valence-corrected chi connectivity index (χ1v) is 6.57.